The lowest BCUT2D eigenvalue weighted by Crippen LogP contribution is -2.45. The van der Waals surface area contributed by atoms with E-state index in [2.05, 4.69) is 22.2 Å². The van der Waals surface area contributed by atoms with E-state index in [0.29, 0.717) is 0 Å². The number of amides is 1. The molecule has 0 radical (unpaired) electrons. The third kappa shape index (κ3) is 4.76. The van der Waals surface area contributed by atoms with Crippen molar-refractivity contribution in [2.24, 2.45) is 0 Å². The summed E-state index contributed by atoms with van der Waals surface area (Å²) in [5.41, 5.74) is 0. The maximum atomic E-state index is 12.2. The average molecular weight is 337 g/mol. The zero-order chi connectivity index (χ0) is 16.1. The van der Waals surface area contributed by atoms with Crippen LogP contribution in [-0.4, -0.2) is 68.6 Å². The van der Waals surface area contributed by atoms with Crippen LogP contribution in [0.2, 0.25) is 0 Å². The lowest BCUT2D eigenvalue weighted by atomic mass is 10.2. The first-order chi connectivity index (χ1) is 11.2. The fourth-order valence-corrected chi connectivity index (χ4v) is 4.12. The van der Waals surface area contributed by atoms with E-state index < -0.39 is 0 Å². The molecule has 1 aromatic heterocycles. The van der Waals surface area contributed by atoms with Gasteiger partial charge in [0.2, 0.25) is 0 Å². The van der Waals surface area contributed by atoms with E-state index in [1.165, 1.54) is 4.88 Å². The Kier molecular flexibility index (Phi) is 6.05. The number of hydrogen-bond donors (Lipinski definition) is 1. The molecule has 3 heterocycles. The molecule has 2 saturated heterocycles. The molecule has 2 aliphatic heterocycles. The number of hydrogen-bond acceptors (Lipinski definition) is 5. The molecular weight excluding hydrogens is 310 g/mol. The fraction of sp³-hybridized carbons (Fsp3) is 0.706. The van der Waals surface area contributed by atoms with Crippen molar-refractivity contribution in [2.75, 3.05) is 52.9 Å². The highest BCUT2D eigenvalue weighted by atomic mass is 32.1. The first kappa shape index (κ1) is 16.9. The van der Waals surface area contributed by atoms with Gasteiger partial charge in [-0.15, -0.1) is 11.3 Å². The Hall–Kier alpha value is -0.950. The number of nitrogens with one attached hydrogen (secondary N) is 1. The Labute approximate surface area is 142 Å². The van der Waals surface area contributed by atoms with E-state index in [-0.39, 0.29) is 12.0 Å². The zero-order valence-corrected chi connectivity index (χ0v) is 14.7. The molecule has 0 saturated carbocycles. The molecule has 23 heavy (non-hydrogen) atoms. The van der Waals surface area contributed by atoms with Gasteiger partial charge in [-0.3, -0.25) is 4.79 Å². The van der Waals surface area contributed by atoms with E-state index in [1.54, 1.807) is 11.3 Å². The molecule has 5 nitrogen and oxygen atoms in total. The van der Waals surface area contributed by atoms with Crippen molar-refractivity contribution in [1.29, 1.82) is 0 Å². The summed E-state index contributed by atoms with van der Waals surface area (Å²) < 4.78 is 5.68. The third-order valence-electron chi connectivity index (χ3n) is 4.63. The van der Waals surface area contributed by atoms with E-state index in [9.17, 15) is 4.79 Å². The van der Waals surface area contributed by atoms with Gasteiger partial charge in [-0.05, 0) is 45.0 Å². The Balaban J connectivity index is 1.36. The summed E-state index contributed by atoms with van der Waals surface area (Å²) in [7, 11) is 2.17. The second-order valence-corrected chi connectivity index (χ2v) is 7.57. The summed E-state index contributed by atoms with van der Waals surface area (Å²) in [6.07, 6.45) is 3.42. The number of nitrogens with zero attached hydrogens (tertiary/aromatic N) is 2. The van der Waals surface area contributed by atoms with Crippen molar-refractivity contribution >= 4 is 17.2 Å². The molecule has 0 aromatic carbocycles. The summed E-state index contributed by atoms with van der Waals surface area (Å²) in [5, 5.41) is 3.04. The highest BCUT2D eigenvalue weighted by molar-refractivity contribution is 7.14. The van der Waals surface area contributed by atoms with Gasteiger partial charge in [-0.2, -0.15) is 0 Å². The molecule has 1 unspecified atom stereocenters. The van der Waals surface area contributed by atoms with Crippen molar-refractivity contribution in [3.8, 4) is 0 Å². The van der Waals surface area contributed by atoms with Crippen LogP contribution in [0.15, 0.2) is 12.1 Å². The number of rotatable bonds is 6. The summed E-state index contributed by atoms with van der Waals surface area (Å²) in [5.74, 6) is 0.0534. The van der Waals surface area contributed by atoms with Crippen LogP contribution < -0.4 is 5.32 Å². The van der Waals surface area contributed by atoms with Crippen LogP contribution >= 0.6 is 11.3 Å². The highest BCUT2D eigenvalue weighted by Crippen LogP contribution is 2.33. The Bertz CT molecular complexity index is 506. The monoisotopic (exact) mass is 337 g/mol. The smallest absolute Gasteiger partial charge is 0.261 e. The van der Waals surface area contributed by atoms with Gasteiger partial charge in [0, 0.05) is 44.2 Å². The van der Waals surface area contributed by atoms with Crippen molar-refractivity contribution in [3.05, 3.63) is 21.9 Å². The van der Waals surface area contributed by atoms with Gasteiger partial charge >= 0.3 is 0 Å². The highest BCUT2D eigenvalue weighted by Gasteiger charge is 2.20. The minimum absolute atomic E-state index is 0.0534. The lowest BCUT2D eigenvalue weighted by Gasteiger charge is -2.32. The second-order valence-electron chi connectivity index (χ2n) is 6.46. The zero-order valence-electron chi connectivity index (χ0n) is 13.9. The Morgan fingerprint density at radius 1 is 1.35 bits per heavy atom. The van der Waals surface area contributed by atoms with Crippen LogP contribution in [0.4, 0.5) is 0 Å². The maximum Gasteiger partial charge on any atom is 0.261 e. The summed E-state index contributed by atoms with van der Waals surface area (Å²) in [6, 6.07) is 3.97. The van der Waals surface area contributed by atoms with Gasteiger partial charge < -0.3 is 19.9 Å². The normalized spacial score (nSPS) is 23.3. The van der Waals surface area contributed by atoms with Crippen molar-refractivity contribution < 1.29 is 9.53 Å². The molecule has 2 fully saturated rings. The number of ether oxygens (including phenoxy) is 1. The van der Waals surface area contributed by atoms with Gasteiger partial charge in [0.1, 0.15) is 0 Å². The van der Waals surface area contributed by atoms with Crippen molar-refractivity contribution in [2.45, 2.75) is 25.4 Å². The third-order valence-corrected chi connectivity index (χ3v) is 5.81. The lowest BCUT2D eigenvalue weighted by molar-refractivity contribution is 0.0953. The van der Waals surface area contributed by atoms with Gasteiger partial charge in [-0.25, -0.2) is 0 Å². The molecule has 1 amide bonds. The first-order valence-electron chi connectivity index (χ1n) is 8.63. The number of likely N-dealkylation sites (N-methyl/N-ethyl adjacent to an activating group) is 1. The quantitative estimate of drug-likeness (QED) is 0.806. The van der Waals surface area contributed by atoms with Crippen LogP contribution in [0.5, 0.6) is 0 Å². The number of piperazine rings is 1. The van der Waals surface area contributed by atoms with Crippen LogP contribution in [0.3, 0.4) is 0 Å². The maximum absolute atomic E-state index is 12.2. The average Bonchev–Trinajstić information content (AvgIpc) is 3.23. The standard InChI is InChI=1S/C17H27N3O2S/c1-19-9-11-20(12-10-19)8-3-7-18-17(21)16-6-5-15(23-16)14-4-2-13-22-14/h5-6,14H,2-4,7-13H2,1H3,(H,18,21). The SMILES string of the molecule is CN1CCN(CCCNC(=O)c2ccc(C3CCCO3)s2)CC1. The van der Waals surface area contributed by atoms with Crippen LogP contribution in [-0.2, 0) is 4.74 Å². The van der Waals surface area contributed by atoms with E-state index >= 15 is 0 Å². The Morgan fingerprint density at radius 3 is 2.91 bits per heavy atom. The first-order valence-corrected chi connectivity index (χ1v) is 9.44. The molecule has 128 valence electrons. The minimum atomic E-state index is 0.0534. The van der Waals surface area contributed by atoms with Gasteiger partial charge in [0.15, 0.2) is 0 Å². The second kappa shape index (κ2) is 8.24. The largest absolute Gasteiger partial charge is 0.373 e. The number of thiophene rings is 1. The van der Waals surface area contributed by atoms with Crippen LogP contribution in [0.1, 0.15) is 39.9 Å². The van der Waals surface area contributed by atoms with E-state index in [1.807, 2.05) is 12.1 Å². The molecule has 6 heteroatoms. The van der Waals surface area contributed by atoms with Crippen LogP contribution in [0.25, 0.3) is 0 Å². The molecule has 1 aromatic rings. The molecular formula is C17H27N3O2S. The van der Waals surface area contributed by atoms with Gasteiger partial charge in [0.25, 0.3) is 5.91 Å². The summed E-state index contributed by atoms with van der Waals surface area (Å²) in [4.78, 5) is 19.0. The number of carbonyl (C=O) groups is 1. The molecule has 0 aliphatic carbocycles. The molecule has 1 atom stereocenters. The predicted octanol–water partition coefficient (Wildman–Crippen LogP) is 1.97. The van der Waals surface area contributed by atoms with E-state index in [4.69, 9.17) is 4.74 Å². The molecule has 3 rings (SSSR count). The Morgan fingerprint density at radius 2 is 2.17 bits per heavy atom. The predicted molar refractivity (Wildman–Crippen MR) is 93.1 cm³/mol. The summed E-state index contributed by atoms with van der Waals surface area (Å²) >= 11 is 1.57. The topological polar surface area (TPSA) is 44.8 Å². The molecule has 1 N–H and O–H groups in total. The van der Waals surface area contributed by atoms with Gasteiger partial charge in [0.05, 0.1) is 11.0 Å². The molecule has 0 bridgehead atoms. The molecule has 0 spiro atoms. The molecule has 2 aliphatic rings. The van der Waals surface area contributed by atoms with E-state index in [0.717, 1.165) is 70.0 Å². The van der Waals surface area contributed by atoms with Crippen molar-refractivity contribution in [1.82, 2.24) is 15.1 Å². The van der Waals surface area contributed by atoms with Gasteiger partial charge in [-0.1, -0.05) is 0 Å². The van der Waals surface area contributed by atoms with Crippen molar-refractivity contribution in [3.63, 3.8) is 0 Å². The fourth-order valence-electron chi connectivity index (χ4n) is 3.11. The minimum Gasteiger partial charge on any atom is -0.373 e. The number of carbonyl (C=O) groups excluding carboxylic acids is 1. The summed E-state index contributed by atoms with van der Waals surface area (Å²) in [6.45, 7) is 7.23. The van der Waals surface area contributed by atoms with Crippen LogP contribution in [0, 0.1) is 0 Å².